The molecule has 26 heavy (non-hydrogen) atoms. The van der Waals surface area contributed by atoms with Gasteiger partial charge in [0, 0.05) is 18.5 Å². The van der Waals surface area contributed by atoms with Crippen molar-refractivity contribution in [3.63, 3.8) is 0 Å². The Morgan fingerprint density at radius 3 is 2.69 bits per heavy atom. The lowest BCUT2D eigenvalue weighted by atomic mass is 10.2. The van der Waals surface area contributed by atoms with Gasteiger partial charge in [-0.15, -0.1) is 0 Å². The van der Waals surface area contributed by atoms with Gasteiger partial charge in [-0.3, -0.25) is 9.59 Å². The molecule has 8 nitrogen and oxygen atoms in total. The van der Waals surface area contributed by atoms with Crippen LogP contribution in [0.4, 0.5) is 5.69 Å². The van der Waals surface area contributed by atoms with Gasteiger partial charge >= 0.3 is 5.69 Å². The van der Waals surface area contributed by atoms with E-state index in [2.05, 4.69) is 25.3 Å². The molecule has 0 radical (unpaired) electrons. The summed E-state index contributed by atoms with van der Waals surface area (Å²) < 4.78 is 0. The lowest BCUT2D eigenvalue weighted by molar-refractivity contribution is -0.116. The van der Waals surface area contributed by atoms with Gasteiger partial charge in [0.15, 0.2) is 0 Å². The zero-order valence-corrected chi connectivity index (χ0v) is 13.6. The number of carbonyl (C=O) groups is 1. The third kappa shape index (κ3) is 3.12. The molecule has 2 aromatic carbocycles. The van der Waals surface area contributed by atoms with Crippen LogP contribution < -0.4 is 16.6 Å². The number of fused-ring (bicyclic) bond motifs is 2. The average Bonchev–Trinajstić information content (AvgIpc) is 2.99. The standard InChI is InChI=1S/C18H15N5O3/c24-16(19-10-5-6-13-14(9-10)22-18(26)21-13)8-7-15-20-12-4-2-1-3-11(12)17(25)23-15/h1-6,9H,7-8H2,(H,19,24)(H,20,23,25)(H2,21,22,26). The molecule has 0 aliphatic heterocycles. The molecule has 130 valence electrons. The maximum absolute atomic E-state index is 12.2. The van der Waals surface area contributed by atoms with Crippen LogP contribution in [-0.2, 0) is 11.2 Å². The Labute approximate surface area is 146 Å². The quantitative estimate of drug-likeness (QED) is 0.447. The molecule has 0 aliphatic rings. The van der Waals surface area contributed by atoms with E-state index in [0.717, 1.165) is 0 Å². The minimum atomic E-state index is -0.296. The van der Waals surface area contributed by atoms with Gasteiger partial charge in [-0.05, 0) is 30.3 Å². The molecule has 1 amide bonds. The summed E-state index contributed by atoms with van der Waals surface area (Å²) in [4.78, 5) is 47.8. The molecule has 4 rings (SSSR count). The van der Waals surface area contributed by atoms with Crippen molar-refractivity contribution in [2.45, 2.75) is 12.8 Å². The van der Waals surface area contributed by atoms with Crippen molar-refractivity contribution < 1.29 is 4.79 Å². The van der Waals surface area contributed by atoms with Crippen molar-refractivity contribution in [2.75, 3.05) is 5.32 Å². The number of amides is 1. The van der Waals surface area contributed by atoms with Crippen molar-refractivity contribution in [2.24, 2.45) is 0 Å². The van der Waals surface area contributed by atoms with Crippen LogP contribution >= 0.6 is 0 Å². The van der Waals surface area contributed by atoms with Crippen molar-refractivity contribution in [3.05, 3.63) is 69.1 Å². The highest BCUT2D eigenvalue weighted by Crippen LogP contribution is 2.15. The number of para-hydroxylation sites is 1. The highest BCUT2D eigenvalue weighted by atomic mass is 16.2. The number of aromatic nitrogens is 4. The number of imidazole rings is 1. The molecule has 0 fully saturated rings. The molecule has 0 aliphatic carbocycles. The third-order valence-electron chi connectivity index (χ3n) is 4.05. The Kier molecular flexibility index (Phi) is 3.85. The second-order valence-electron chi connectivity index (χ2n) is 5.92. The lowest BCUT2D eigenvalue weighted by Gasteiger charge is -2.06. The summed E-state index contributed by atoms with van der Waals surface area (Å²) in [6, 6.07) is 12.2. The number of hydrogen-bond donors (Lipinski definition) is 4. The first-order valence-electron chi connectivity index (χ1n) is 8.08. The fourth-order valence-corrected chi connectivity index (χ4v) is 2.82. The van der Waals surface area contributed by atoms with Gasteiger partial charge in [-0.1, -0.05) is 12.1 Å². The fraction of sp³-hybridized carbons (Fsp3) is 0.111. The molecule has 0 saturated heterocycles. The van der Waals surface area contributed by atoms with Crippen LogP contribution in [0.5, 0.6) is 0 Å². The van der Waals surface area contributed by atoms with Crippen LogP contribution in [-0.4, -0.2) is 25.8 Å². The summed E-state index contributed by atoms with van der Waals surface area (Å²) in [7, 11) is 0. The predicted octanol–water partition coefficient (Wildman–Crippen LogP) is 1.66. The summed E-state index contributed by atoms with van der Waals surface area (Å²) >= 11 is 0. The highest BCUT2D eigenvalue weighted by molar-refractivity contribution is 5.93. The van der Waals surface area contributed by atoms with Crippen molar-refractivity contribution in [1.82, 2.24) is 19.9 Å². The SMILES string of the molecule is O=C(CCc1nc2ccccc2c(=O)[nH]1)Nc1ccc2[nH]c(=O)[nH]c2c1. The van der Waals surface area contributed by atoms with Gasteiger partial charge in [0.05, 0.1) is 21.9 Å². The first-order valence-corrected chi connectivity index (χ1v) is 8.08. The maximum atomic E-state index is 12.2. The number of H-pyrrole nitrogens is 3. The molecule has 0 atom stereocenters. The molecule has 0 bridgehead atoms. The van der Waals surface area contributed by atoms with Gasteiger partial charge in [-0.2, -0.15) is 0 Å². The van der Waals surface area contributed by atoms with Crippen molar-refractivity contribution in [1.29, 1.82) is 0 Å². The summed E-state index contributed by atoms with van der Waals surface area (Å²) in [6.07, 6.45) is 0.484. The topological polar surface area (TPSA) is 123 Å². The summed E-state index contributed by atoms with van der Waals surface area (Å²) in [5.41, 5.74) is 1.97. The Morgan fingerprint density at radius 1 is 1.00 bits per heavy atom. The van der Waals surface area contributed by atoms with E-state index >= 15 is 0 Å². The number of anilines is 1. The molecule has 2 aromatic heterocycles. The summed E-state index contributed by atoms with van der Waals surface area (Å²) in [5.74, 6) is 0.257. The first kappa shape index (κ1) is 15.8. The number of nitrogens with one attached hydrogen (secondary N) is 4. The second kappa shape index (κ2) is 6.32. The van der Waals surface area contributed by atoms with Gasteiger partial charge in [-0.25, -0.2) is 9.78 Å². The number of carbonyl (C=O) groups excluding carboxylic acids is 1. The van der Waals surface area contributed by atoms with Crippen molar-refractivity contribution >= 4 is 33.5 Å². The predicted molar refractivity (Wildman–Crippen MR) is 98.2 cm³/mol. The largest absolute Gasteiger partial charge is 0.326 e. The molecule has 4 N–H and O–H groups in total. The molecule has 0 unspecified atom stereocenters. The number of benzene rings is 2. The van der Waals surface area contributed by atoms with E-state index < -0.39 is 0 Å². The molecule has 2 heterocycles. The molecular formula is C18H15N5O3. The van der Waals surface area contributed by atoms with Gasteiger partial charge < -0.3 is 20.3 Å². The first-order chi connectivity index (χ1) is 12.6. The fourth-order valence-electron chi connectivity index (χ4n) is 2.82. The zero-order chi connectivity index (χ0) is 18.1. The van der Waals surface area contributed by atoms with E-state index in [-0.39, 0.29) is 23.6 Å². The normalized spacial score (nSPS) is 11.1. The van der Waals surface area contributed by atoms with Crippen LogP contribution in [0.3, 0.4) is 0 Å². The zero-order valence-electron chi connectivity index (χ0n) is 13.6. The van der Waals surface area contributed by atoms with E-state index in [0.29, 0.717) is 39.9 Å². The van der Waals surface area contributed by atoms with Gasteiger partial charge in [0.1, 0.15) is 5.82 Å². The number of aryl methyl sites for hydroxylation is 1. The number of nitrogens with zero attached hydrogens (tertiary/aromatic N) is 1. The Hall–Kier alpha value is -3.68. The molecular weight excluding hydrogens is 334 g/mol. The number of aromatic amines is 3. The molecule has 4 aromatic rings. The van der Waals surface area contributed by atoms with E-state index in [1.165, 1.54) is 0 Å². The third-order valence-corrected chi connectivity index (χ3v) is 4.05. The monoisotopic (exact) mass is 349 g/mol. The Bertz CT molecular complexity index is 1230. The summed E-state index contributed by atoms with van der Waals surface area (Å²) in [6.45, 7) is 0. The van der Waals surface area contributed by atoms with Gasteiger partial charge in [0.25, 0.3) is 5.56 Å². The van der Waals surface area contributed by atoms with E-state index in [1.807, 2.05) is 6.07 Å². The number of rotatable bonds is 4. The van der Waals surface area contributed by atoms with Crippen LogP contribution in [0, 0.1) is 0 Å². The van der Waals surface area contributed by atoms with Crippen molar-refractivity contribution in [3.8, 4) is 0 Å². The summed E-state index contributed by atoms with van der Waals surface area (Å²) in [5, 5.41) is 3.29. The maximum Gasteiger partial charge on any atom is 0.323 e. The van der Waals surface area contributed by atoms with Crippen LogP contribution in [0.1, 0.15) is 12.2 Å². The van der Waals surface area contributed by atoms with E-state index in [9.17, 15) is 14.4 Å². The molecule has 0 spiro atoms. The second-order valence-corrected chi connectivity index (χ2v) is 5.92. The molecule has 8 heteroatoms. The minimum Gasteiger partial charge on any atom is -0.326 e. The Morgan fingerprint density at radius 2 is 1.81 bits per heavy atom. The number of hydrogen-bond acceptors (Lipinski definition) is 4. The highest BCUT2D eigenvalue weighted by Gasteiger charge is 2.08. The van der Waals surface area contributed by atoms with Crippen LogP contribution in [0.25, 0.3) is 21.9 Å². The smallest absolute Gasteiger partial charge is 0.323 e. The van der Waals surface area contributed by atoms with Crippen LogP contribution in [0.2, 0.25) is 0 Å². The average molecular weight is 349 g/mol. The van der Waals surface area contributed by atoms with E-state index in [1.54, 1.807) is 36.4 Å². The van der Waals surface area contributed by atoms with E-state index in [4.69, 9.17) is 0 Å². The lowest BCUT2D eigenvalue weighted by Crippen LogP contribution is -2.16. The van der Waals surface area contributed by atoms with Crippen LogP contribution in [0.15, 0.2) is 52.1 Å². The molecule has 0 saturated carbocycles. The van der Waals surface area contributed by atoms with Gasteiger partial charge in [0.2, 0.25) is 5.91 Å². The minimum absolute atomic E-state index is 0.170. The Balaban J connectivity index is 1.46.